The molecule has 1 unspecified atom stereocenters. The Bertz CT molecular complexity index is 338. The van der Waals surface area contributed by atoms with Crippen LogP contribution in [-0.2, 0) is 11.2 Å². The normalized spacial score (nSPS) is 20.2. The summed E-state index contributed by atoms with van der Waals surface area (Å²) in [5.74, 6) is 0.127. The van der Waals surface area contributed by atoms with Gasteiger partial charge in [-0.3, -0.25) is 0 Å². The van der Waals surface area contributed by atoms with Crippen LogP contribution in [0.3, 0.4) is 0 Å². The van der Waals surface area contributed by atoms with Crippen molar-refractivity contribution in [3.8, 4) is 0 Å². The van der Waals surface area contributed by atoms with Gasteiger partial charge < -0.3 is 10.1 Å². The standard InChI is InChI=1S/C10H10BrNO/c11-9-1-2-10-8(4-9)3-7(6-13)5-12-10/h1-2,4,6-7,12H,3,5H2. The predicted molar refractivity (Wildman–Crippen MR) is 55.9 cm³/mol. The van der Waals surface area contributed by atoms with Crippen molar-refractivity contribution in [2.45, 2.75) is 6.42 Å². The van der Waals surface area contributed by atoms with Crippen molar-refractivity contribution in [3.05, 3.63) is 28.2 Å². The van der Waals surface area contributed by atoms with E-state index in [9.17, 15) is 4.79 Å². The van der Waals surface area contributed by atoms with Crippen molar-refractivity contribution in [3.63, 3.8) is 0 Å². The number of carbonyl (C=O) groups excluding carboxylic acids is 1. The third-order valence-electron chi connectivity index (χ3n) is 2.30. The number of rotatable bonds is 1. The molecule has 0 aromatic heterocycles. The van der Waals surface area contributed by atoms with E-state index in [1.54, 1.807) is 0 Å². The molecule has 0 bridgehead atoms. The van der Waals surface area contributed by atoms with Crippen LogP contribution in [0.15, 0.2) is 22.7 Å². The summed E-state index contributed by atoms with van der Waals surface area (Å²) in [6, 6.07) is 6.12. The maximum atomic E-state index is 10.6. The lowest BCUT2D eigenvalue weighted by Gasteiger charge is -2.22. The maximum absolute atomic E-state index is 10.6. The zero-order chi connectivity index (χ0) is 9.26. The molecule has 0 aliphatic carbocycles. The Morgan fingerprint density at radius 1 is 1.54 bits per heavy atom. The van der Waals surface area contributed by atoms with Crippen LogP contribution >= 0.6 is 15.9 Å². The number of anilines is 1. The highest BCUT2D eigenvalue weighted by Gasteiger charge is 2.16. The lowest BCUT2D eigenvalue weighted by molar-refractivity contribution is -0.110. The average Bonchev–Trinajstić information content (AvgIpc) is 2.16. The quantitative estimate of drug-likeness (QED) is 0.762. The van der Waals surface area contributed by atoms with E-state index in [1.807, 2.05) is 12.1 Å². The minimum atomic E-state index is 0.127. The molecule has 2 nitrogen and oxygen atoms in total. The zero-order valence-electron chi connectivity index (χ0n) is 7.09. The molecule has 0 spiro atoms. The summed E-state index contributed by atoms with van der Waals surface area (Å²) in [5.41, 5.74) is 2.37. The number of benzene rings is 1. The topological polar surface area (TPSA) is 29.1 Å². The van der Waals surface area contributed by atoms with E-state index >= 15 is 0 Å². The highest BCUT2D eigenvalue weighted by Crippen LogP contribution is 2.26. The van der Waals surface area contributed by atoms with E-state index in [0.717, 1.165) is 29.4 Å². The molecule has 0 saturated heterocycles. The van der Waals surface area contributed by atoms with Gasteiger partial charge in [0, 0.05) is 22.6 Å². The van der Waals surface area contributed by atoms with Gasteiger partial charge in [0.25, 0.3) is 0 Å². The Labute approximate surface area is 85.5 Å². The van der Waals surface area contributed by atoms with Crippen LogP contribution in [0.25, 0.3) is 0 Å². The summed E-state index contributed by atoms with van der Waals surface area (Å²) >= 11 is 3.42. The summed E-state index contributed by atoms with van der Waals surface area (Å²) in [6.45, 7) is 0.762. The largest absolute Gasteiger partial charge is 0.384 e. The molecule has 2 rings (SSSR count). The lowest BCUT2D eigenvalue weighted by atomic mass is 9.95. The number of halogens is 1. The first-order valence-electron chi connectivity index (χ1n) is 4.27. The number of carbonyl (C=O) groups is 1. The fourth-order valence-electron chi connectivity index (χ4n) is 1.60. The van der Waals surface area contributed by atoms with E-state index in [-0.39, 0.29) is 5.92 Å². The van der Waals surface area contributed by atoms with Crippen LogP contribution in [0.4, 0.5) is 5.69 Å². The number of nitrogens with one attached hydrogen (secondary N) is 1. The smallest absolute Gasteiger partial charge is 0.125 e. The Kier molecular flexibility index (Phi) is 2.36. The molecule has 0 fully saturated rings. The van der Waals surface area contributed by atoms with Gasteiger partial charge in [-0.2, -0.15) is 0 Å². The molecule has 1 aromatic carbocycles. The highest BCUT2D eigenvalue weighted by molar-refractivity contribution is 9.10. The molecule has 1 atom stereocenters. The van der Waals surface area contributed by atoms with Gasteiger partial charge in [0.15, 0.2) is 0 Å². The SMILES string of the molecule is O=CC1CNc2ccc(Br)cc2C1. The van der Waals surface area contributed by atoms with Gasteiger partial charge in [0.2, 0.25) is 0 Å². The Morgan fingerprint density at radius 2 is 2.38 bits per heavy atom. The third kappa shape index (κ3) is 1.75. The molecule has 0 amide bonds. The van der Waals surface area contributed by atoms with Crippen molar-refractivity contribution in [2.24, 2.45) is 5.92 Å². The van der Waals surface area contributed by atoms with Gasteiger partial charge in [-0.05, 0) is 30.2 Å². The minimum Gasteiger partial charge on any atom is -0.384 e. The molecule has 13 heavy (non-hydrogen) atoms. The van der Waals surface area contributed by atoms with E-state index in [1.165, 1.54) is 5.56 Å². The molecule has 0 radical (unpaired) electrons. The molecule has 68 valence electrons. The average molecular weight is 240 g/mol. The second-order valence-electron chi connectivity index (χ2n) is 3.28. The van der Waals surface area contributed by atoms with Gasteiger partial charge in [-0.25, -0.2) is 0 Å². The molecular formula is C10H10BrNO. The number of hydrogen-bond donors (Lipinski definition) is 1. The minimum absolute atomic E-state index is 0.127. The molecule has 1 heterocycles. The summed E-state index contributed by atoms with van der Waals surface area (Å²) in [7, 11) is 0. The second kappa shape index (κ2) is 3.50. The van der Waals surface area contributed by atoms with Gasteiger partial charge in [-0.15, -0.1) is 0 Å². The molecule has 3 heteroatoms. The van der Waals surface area contributed by atoms with Gasteiger partial charge in [-0.1, -0.05) is 15.9 Å². The van der Waals surface area contributed by atoms with Crippen molar-refractivity contribution in [1.29, 1.82) is 0 Å². The van der Waals surface area contributed by atoms with Crippen molar-refractivity contribution in [2.75, 3.05) is 11.9 Å². The summed E-state index contributed by atoms with van der Waals surface area (Å²) in [5, 5.41) is 3.24. The maximum Gasteiger partial charge on any atom is 0.125 e. The van der Waals surface area contributed by atoms with Crippen LogP contribution in [0.5, 0.6) is 0 Å². The van der Waals surface area contributed by atoms with E-state index < -0.39 is 0 Å². The molecule has 1 aliphatic rings. The Hall–Kier alpha value is -0.830. The predicted octanol–water partition coefficient (Wildman–Crippen LogP) is 2.23. The molecule has 0 saturated carbocycles. The van der Waals surface area contributed by atoms with Gasteiger partial charge in [0.1, 0.15) is 6.29 Å². The van der Waals surface area contributed by atoms with Crippen LogP contribution < -0.4 is 5.32 Å². The van der Waals surface area contributed by atoms with Gasteiger partial charge in [0.05, 0.1) is 0 Å². The molecule has 1 aliphatic heterocycles. The first-order chi connectivity index (χ1) is 6.29. The number of hydrogen-bond acceptors (Lipinski definition) is 2. The van der Waals surface area contributed by atoms with Crippen LogP contribution in [0.2, 0.25) is 0 Å². The molecular weight excluding hydrogens is 230 g/mol. The van der Waals surface area contributed by atoms with Crippen LogP contribution in [0, 0.1) is 5.92 Å². The number of fused-ring (bicyclic) bond motifs is 1. The fraction of sp³-hybridized carbons (Fsp3) is 0.300. The molecule has 1 N–H and O–H groups in total. The molecule has 1 aromatic rings. The lowest BCUT2D eigenvalue weighted by Crippen LogP contribution is -2.23. The first kappa shape index (κ1) is 8.75. The summed E-state index contributed by atoms with van der Waals surface area (Å²) in [6.07, 6.45) is 1.88. The highest BCUT2D eigenvalue weighted by atomic mass is 79.9. The van der Waals surface area contributed by atoms with Crippen molar-refractivity contribution < 1.29 is 4.79 Å². The van der Waals surface area contributed by atoms with E-state index in [4.69, 9.17) is 0 Å². The monoisotopic (exact) mass is 239 g/mol. The van der Waals surface area contributed by atoms with Crippen LogP contribution in [0.1, 0.15) is 5.56 Å². The van der Waals surface area contributed by atoms with E-state index in [2.05, 4.69) is 27.3 Å². The summed E-state index contributed by atoms with van der Waals surface area (Å²) in [4.78, 5) is 10.6. The first-order valence-corrected chi connectivity index (χ1v) is 5.06. The van der Waals surface area contributed by atoms with E-state index in [0.29, 0.717) is 0 Å². The zero-order valence-corrected chi connectivity index (χ0v) is 8.67. The fourth-order valence-corrected chi connectivity index (χ4v) is 2.00. The van der Waals surface area contributed by atoms with Gasteiger partial charge >= 0.3 is 0 Å². The second-order valence-corrected chi connectivity index (χ2v) is 4.20. The summed E-state index contributed by atoms with van der Waals surface area (Å²) < 4.78 is 1.07. The Balaban J connectivity index is 2.32. The Morgan fingerprint density at radius 3 is 3.15 bits per heavy atom. The number of aldehydes is 1. The van der Waals surface area contributed by atoms with Crippen LogP contribution in [-0.4, -0.2) is 12.8 Å². The third-order valence-corrected chi connectivity index (χ3v) is 2.79. The van der Waals surface area contributed by atoms with Crippen molar-refractivity contribution >= 4 is 27.9 Å². The van der Waals surface area contributed by atoms with Crippen molar-refractivity contribution in [1.82, 2.24) is 0 Å².